The van der Waals surface area contributed by atoms with E-state index in [4.69, 9.17) is 28.3 Å². The van der Waals surface area contributed by atoms with Crippen molar-refractivity contribution >= 4 is 45.1 Å². The van der Waals surface area contributed by atoms with E-state index in [0.717, 1.165) is 5.56 Å². The van der Waals surface area contributed by atoms with Crippen molar-refractivity contribution in [1.82, 2.24) is 0 Å². The molecule has 0 amide bonds. The molecule has 1 aromatic carbocycles. The van der Waals surface area contributed by atoms with Gasteiger partial charge in [0.1, 0.15) is 0 Å². The van der Waals surface area contributed by atoms with Gasteiger partial charge < -0.3 is 5.11 Å². The molecule has 0 radical (unpaired) electrons. The van der Waals surface area contributed by atoms with Crippen molar-refractivity contribution in [3.05, 3.63) is 33.3 Å². The minimum absolute atomic E-state index is 0.112. The summed E-state index contributed by atoms with van der Waals surface area (Å²) in [4.78, 5) is 10.5. The molecule has 2 nitrogen and oxygen atoms in total. The molecule has 1 N–H and O–H groups in total. The molecule has 0 aliphatic heterocycles. The third-order valence-corrected chi connectivity index (χ3v) is 3.15. The van der Waals surface area contributed by atoms with Gasteiger partial charge in [-0.25, -0.2) is 0 Å². The first kappa shape index (κ1) is 11.8. The summed E-state index contributed by atoms with van der Waals surface area (Å²) < 4.78 is 0. The van der Waals surface area contributed by atoms with Crippen LogP contribution in [-0.2, 0) is 16.5 Å². The van der Waals surface area contributed by atoms with E-state index in [9.17, 15) is 4.79 Å². The van der Waals surface area contributed by atoms with Crippen LogP contribution in [0.1, 0.15) is 11.1 Å². The van der Waals surface area contributed by atoms with E-state index in [1.807, 2.05) is 0 Å². The van der Waals surface area contributed by atoms with Gasteiger partial charge >= 0.3 is 5.97 Å². The van der Waals surface area contributed by atoms with Crippen LogP contribution in [-0.4, -0.2) is 11.1 Å². The Kier molecular flexibility index (Phi) is 4.23. The summed E-state index contributed by atoms with van der Waals surface area (Å²) in [5.41, 5.74) is 1.46. The van der Waals surface area contributed by atoms with E-state index in [-0.39, 0.29) is 6.42 Å². The molecule has 76 valence electrons. The molecule has 5 heteroatoms. The number of carboxylic acids is 1. The Hall–Kier alpha value is -0.250. The van der Waals surface area contributed by atoms with Gasteiger partial charge in [-0.1, -0.05) is 45.2 Å². The van der Waals surface area contributed by atoms with Crippen LogP contribution in [0.15, 0.2) is 12.1 Å². The zero-order valence-electron chi connectivity index (χ0n) is 7.06. The maximum atomic E-state index is 10.5. The van der Waals surface area contributed by atoms with Gasteiger partial charge in [-0.3, -0.25) is 4.79 Å². The first-order chi connectivity index (χ1) is 6.54. The topological polar surface area (TPSA) is 37.3 Å². The van der Waals surface area contributed by atoms with Gasteiger partial charge in [0.05, 0.1) is 16.5 Å². The number of benzene rings is 1. The Morgan fingerprint density at radius 3 is 2.57 bits per heavy atom. The number of carboxylic acid groups (broad SMARTS) is 1. The Balaban J connectivity index is 3.13. The first-order valence-corrected chi connectivity index (χ1v) is 5.67. The third-order valence-electron chi connectivity index (χ3n) is 1.66. The van der Waals surface area contributed by atoms with Crippen molar-refractivity contribution in [3.8, 4) is 0 Å². The van der Waals surface area contributed by atoms with Gasteiger partial charge in [0.25, 0.3) is 0 Å². The smallest absolute Gasteiger partial charge is 0.307 e. The van der Waals surface area contributed by atoms with Crippen LogP contribution < -0.4 is 0 Å². The fraction of sp³-hybridized carbons (Fsp3) is 0.222. The average Bonchev–Trinajstić information content (AvgIpc) is 2.11. The van der Waals surface area contributed by atoms with Crippen molar-refractivity contribution in [1.29, 1.82) is 0 Å². The predicted octanol–water partition coefficient (Wildman–Crippen LogP) is 3.52. The van der Waals surface area contributed by atoms with Crippen LogP contribution in [0.5, 0.6) is 0 Å². The van der Waals surface area contributed by atoms with Crippen LogP contribution in [0.2, 0.25) is 10.0 Å². The number of aliphatic carboxylic acids is 1. The van der Waals surface area contributed by atoms with E-state index in [1.54, 1.807) is 12.1 Å². The zero-order valence-corrected chi connectivity index (χ0v) is 10.2. The van der Waals surface area contributed by atoms with Gasteiger partial charge in [0.15, 0.2) is 0 Å². The molecule has 14 heavy (non-hydrogen) atoms. The minimum atomic E-state index is -0.922. The highest BCUT2D eigenvalue weighted by atomic mass is 79.9. The van der Waals surface area contributed by atoms with E-state index >= 15 is 0 Å². The van der Waals surface area contributed by atoms with Crippen molar-refractivity contribution in [2.24, 2.45) is 0 Å². The van der Waals surface area contributed by atoms with Gasteiger partial charge in [-0.15, -0.1) is 0 Å². The van der Waals surface area contributed by atoms with Gasteiger partial charge in [-0.05, 0) is 17.2 Å². The van der Waals surface area contributed by atoms with Crippen LogP contribution >= 0.6 is 39.1 Å². The Bertz CT molecular complexity index is 366. The van der Waals surface area contributed by atoms with Crippen LogP contribution in [0.3, 0.4) is 0 Å². The summed E-state index contributed by atoms with van der Waals surface area (Å²) in [5.74, 6) is -0.922. The van der Waals surface area contributed by atoms with Crippen molar-refractivity contribution < 1.29 is 9.90 Å². The number of halogens is 3. The van der Waals surface area contributed by atoms with E-state index in [2.05, 4.69) is 15.9 Å². The van der Waals surface area contributed by atoms with Crippen molar-refractivity contribution in [3.63, 3.8) is 0 Å². The number of hydrogen-bond acceptors (Lipinski definition) is 1. The minimum Gasteiger partial charge on any atom is -0.481 e. The maximum absolute atomic E-state index is 10.5. The average molecular weight is 298 g/mol. The lowest BCUT2D eigenvalue weighted by molar-refractivity contribution is -0.136. The molecule has 1 rings (SSSR count). The molecule has 0 saturated heterocycles. The van der Waals surface area contributed by atoms with E-state index < -0.39 is 5.97 Å². The van der Waals surface area contributed by atoms with Crippen LogP contribution in [0.25, 0.3) is 0 Å². The molecule has 1 aromatic rings. The lowest BCUT2D eigenvalue weighted by atomic mass is 10.1. The summed E-state index contributed by atoms with van der Waals surface area (Å²) in [6.07, 6.45) is -0.112. The molecule has 0 unspecified atom stereocenters. The van der Waals surface area contributed by atoms with E-state index in [1.165, 1.54) is 0 Å². The number of hydrogen-bond donors (Lipinski definition) is 1. The summed E-state index contributed by atoms with van der Waals surface area (Å²) >= 11 is 15.0. The summed E-state index contributed by atoms with van der Waals surface area (Å²) in [6, 6.07) is 3.45. The van der Waals surface area contributed by atoms with Crippen molar-refractivity contribution in [2.45, 2.75) is 11.8 Å². The van der Waals surface area contributed by atoms with Crippen LogP contribution in [0, 0.1) is 0 Å². The third kappa shape index (κ3) is 2.87. The zero-order chi connectivity index (χ0) is 10.7. The van der Waals surface area contributed by atoms with Gasteiger partial charge in [0.2, 0.25) is 0 Å². The summed E-state index contributed by atoms with van der Waals surface area (Å²) in [6.45, 7) is 0. The highest BCUT2D eigenvalue weighted by Crippen LogP contribution is 2.28. The molecule has 0 bridgehead atoms. The Morgan fingerprint density at radius 1 is 1.43 bits per heavy atom. The lowest BCUT2D eigenvalue weighted by Gasteiger charge is -2.06. The largest absolute Gasteiger partial charge is 0.481 e. The molecule has 0 atom stereocenters. The normalized spacial score (nSPS) is 10.2. The summed E-state index contributed by atoms with van der Waals surface area (Å²) in [5, 5.41) is 9.96. The number of alkyl halides is 1. The SMILES string of the molecule is O=C(O)Cc1cc(CBr)cc(Cl)c1Cl. The molecular formula is C9H7BrCl2O2. The molecule has 0 aliphatic carbocycles. The number of carbonyl (C=O) groups is 1. The van der Waals surface area contributed by atoms with Crippen molar-refractivity contribution in [2.75, 3.05) is 0 Å². The second kappa shape index (κ2) is 5.01. The molecule has 0 heterocycles. The second-order valence-corrected chi connectivity index (χ2v) is 4.10. The molecular weight excluding hydrogens is 291 g/mol. The molecule has 0 aliphatic rings. The monoisotopic (exact) mass is 296 g/mol. The number of rotatable bonds is 3. The highest BCUT2D eigenvalue weighted by Gasteiger charge is 2.10. The Morgan fingerprint density at radius 2 is 2.07 bits per heavy atom. The molecule has 0 spiro atoms. The predicted molar refractivity (Wildman–Crippen MR) is 60.4 cm³/mol. The Labute approximate surface area is 100.0 Å². The highest BCUT2D eigenvalue weighted by molar-refractivity contribution is 9.08. The quantitative estimate of drug-likeness (QED) is 0.867. The summed E-state index contributed by atoms with van der Waals surface area (Å²) in [7, 11) is 0. The van der Waals surface area contributed by atoms with Crippen LogP contribution in [0.4, 0.5) is 0 Å². The molecule has 0 fully saturated rings. The lowest BCUT2D eigenvalue weighted by Crippen LogP contribution is -2.01. The maximum Gasteiger partial charge on any atom is 0.307 e. The first-order valence-electron chi connectivity index (χ1n) is 3.79. The van der Waals surface area contributed by atoms with Gasteiger partial charge in [0, 0.05) is 5.33 Å². The standard InChI is InChI=1S/C9H7BrCl2O2/c10-4-5-1-6(3-8(13)14)9(12)7(11)2-5/h1-2H,3-4H2,(H,13,14). The second-order valence-electron chi connectivity index (χ2n) is 2.75. The molecule has 0 saturated carbocycles. The fourth-order valence-corrected chi connectivity index (χ4v) is 1.84. The molecule has 0 aromatic heterocycles. The fourth-order valence-electron chi connectivity index (χ4n) is 1.08. The van der Waals surface area contributed by atoms with Gasteiger partial charge in [-0.2, -0.15) is 0 Å². The van der Waals surface area contributed by atoms with E-state index in [0.29, 0.717) is 20.9 Å².